The highest BCUT2D eigenvalue weighted by Crippen LogP contribution is 2.17. The molecule has 0 aliphatic rings. The summed E-state index contributed by atoms with van der Waals surface area (Å²) in [5.41, 5.74) is 9.00. The van der Waals surface area contributed by atoms with Crippen molar-refractivity contribution in [3.63, 3.8) is 0 Å². The topological polar surface area (TPSA) is 68.0 Å². The molecule has 0 spiro atoms. The predicted octanol–water partition coefficient (Wildman–Crippen LogP) is 2.58. The summed E-state index contributed by atoms with van der Waals surface area (Å²) >= 11 is 4.98. The SMILES string of the molecule is Cc1ccc(C(=O)Nc2ccccc2C(N)=S)c(C)n1. The zero-order chi connectivity index (χ0) is 14.7. The van der Waals surface area contributed by atoms with Crippen molar-refractivity contribution in [3.8, 4) is 0 Å². The molecule has 0 aliphatic heterocycles. The summed E-state index contributed by atoms with van der Waals surface area (Å²) in [4.78, 5) is 16.8. The molecule has 0 unspecified atom stereocenters. The van der Waals surface area contributed by atoms with Crippen molar-refractivity contribution in [2.24, 2.45) is 5.73 Å². The molecule has 0 saturated carbocycles. The Kier molecular flexibility index (Phi) is 4.10. The van der Waals surface area contributed by atoms with Crippen molar-refractivity contribution in [1.29, 1.82) is 0 Å². The molecule has 1 aromatic heterocycles. The van der Waals surface area contributed by atoms with Crippen LogP contribution < -0.4 is 11.1 Å². The Morgan fingerprint density at radius 1 is 1.15 bits per heavy atom. The number of hydrogen-bond acceptors (Lipinski definition) is 3. The number of pyridine rings is 1. The normalized spacial score (nSPS) is 10.1. The van der Waals surface area contributed by atoms with E-state index in [2.05, 4.69) is 10.3 Å². The standard InChI is InChI=1S/C15H15N3OS/c1-9-7-8-11(10(2)17-9)15(19)18-13-6-4-3-5-12(13)14(16)20/h3-8H,1-2H3,(H2,16,20)(H,18,19). The molecule has 0 aliphatic carbocycles. The van der Waals surface area contributed by atoms with E-state index in [-0.39, 0.29) is 10.9 Å². The predicted molar refractivity (Wildman–Crippen MR) is 84.0 cm³/mol. The third-order valence-electron chi connectivity index (χ3n) is 2.91. The van der Waals surface area contributed by atoms with E-state index in [1.807, 2.05) is 19.1 Å². The highest BCUT2D eigenvalue weighted by molar-refractivity contribution is 7.80. The molecule has 1 heterocycles. The first-order chi connectivity index (χ1) is 9.49. The minimum Gasteiger partial charge on any atom is -0.389 e. The van der Waals surface area contributed by atoms with Crippen LogP contribution in [0.1, 0.15) is 27.3 Å². The Labute approximate surface area is 123 Å². The van der Waals surface area contributed by atoms with Crippen LogP contribution in [0.25, 0.3) is 0 Å². The lowest BCUT2D eigenvalue weighted by molar-refractivity contribution is 0.102. The number of nitrogens with zero attached hydrogens (tertiary/aromatic N) is 1. The van der Waals surface area contributed by atoms with Gasteiger partial charge in [0, 0.05) is 11.3 Å². The highest BCUT2D eigenvalue weighted by Gasteiger charge is 2.12. The maximum Gasteiger partial charge on any atom is 0.257 e. The monoisotopic (exact) mass is 285 g/mol. The van der Waals surface area contributed by atoms with E-state index in [0.717, 1.165) is 5.69 Å². The van der Waals surface area contributed by atoms with Crippen molar-refractivity contribution in [2.75, 3.05) is 5.32 Å². The number of amides is 1. The lowest BCUT2D eigenvalue weighted by Crippen LogP contribution is -2.18. The fraction of sp³-hybridized carbons (Fsp3) is 0.133. The average molecular weight is 285 g/mol. The number of nitrogens with one attached hydrogen (secondary N) is 1. The molecule has 102 valence electrons. The molecule has 0 fully saturated rings. The van der Waals surface area contributed by atoms with E-state index in [4.69, 9.17) is 18.0 Å². The van der Waals surface area contributed by atoms with Crippen molar-refractivity contribution in [3.05, 3.63) is 58.9 Å². The van der Waals surface area contributed by atoms with E-state index < -0.39 is 0 Å². The van der Waals surface area contributed by atoms with E-state index in [0.29, 0.717) is 22.5 Å². The molecule has 2 aromatic rings. The minimum atomic E-state index is -0.223. The van der Waals surface area contributed by atoms with Gasteiger partial charge in [0.25, 0.3) is 5.91 Å². The van der Waals surface area contributed by atoms with Crippen LogP contribution in [0.4, 0.5) is 5.69 Å². The molecule has 0 radical (unpaired) electrons. The Bertz CT molecular complexity index is 683. The Morgan fingerprint density at radius 2 is 1.85 bits per heavy atom. The van der Waals surface area contributed by atoms with Crippen molar-refractivity contribution < 1.29 is 4.79 Å². The van der Waals surface area contributed by atoms with Gasteiger partial charge >= 0.3 is 0 Å². The van der Waals surface area contributed by atoms with Gasteiger partial charge < -0.3 is 11.1 Å². The first-order valence-corrected chi connectivity index (χ1v) is 6.54. The van der Waals surface area contributed by atoms with Gasteiger partial charge in [0.2, 0.25) is 0 Å². The highest BCUT2D eigenvalue weighted by atomic mass is 32.1. The van der Waals surface area contributed by atoms with E-state index in [9.17, 15) is 4.79 Å². The summed E-state index contributed by atoms with van der Waals surface area (Å²) in [6, 6.07) is 10.7. The van der Waals surface area contributed by atoms with Gasteiger partial charge in [-0.05, 0) is 38.1 Å². The van der Waals surface area contributed by atoms with Crippen LogP contribution in [0.5, 0.6) is 0 Å². The maximum atomic E-state index is 12.3. The lowest BCUT2D eigenvalue weighted by atomic mass is 10.1. The number of anilines is 1. The fourth-order valence-electron chi connectivity index (χ4n) is 1.92. The number of carbonyl (C=O) groups excluding carboxylic acids is 1. The third kappa shape index (κ3) is 3.00. The molecule has 5 heteroatoms. The average Bonchev–Trinajstić information content (AvgIpc) is 2.38. The molecule has 0 atom stereocenters. The van der Waals surface area contributed by atoms with Gasteiger partial charge in [0.1, 0.15) is 4.99 Å². The number of rotatable bonds is 3. The zero-order valence-corrected chi connectivity index (χ0v) is 12.1. The molecule has 1 amide bonds. The molecule has 3 N–H and O–H groups in total. The number of aryl methyl sites for hydroxylation is 2. The van der Waals surface area contributed by atoms with Crippen molar-refractivity contribution >= 4 is 28.8 Å². The Hall–Kier alpha value is -2.27. The summed E-state index contributed by atoms with van der Waals surface area (Å²) in [5.74, 6) is -0.223. The Balaban J connectivity index is 2.30. The van der Waals surface area contributed by atoms with Crippen LogP contribution >= 0.6 is 12.2 Å². The summed E-state index contributed by atoms with van der Waals surface area (Å²) in [6.07, 6.45) is 0. The van der Waals surface area contributed by atoms with Gasteiger partial charge in [-0.3, -0.25) is 9.78 Å². The smallest absolute Gasteiger partial charge is 0.257 e. The van der Waals surface area contributed by atoms with Crippen LogP contribution in [0.3, 0.4) is 0 Å². The number of hydrogen-bond donors (Lipinski definition) is 2. The van der Waals surface area contributed by atoms with Crippen molar-refractivity contribution in [2.45, 2.75) is 13.8 Å². The first-order valence-electron chi connectivity index (χ1n) is 6.13. The van der Waals surface area contributed by atoms with Crippen LogP contribution in [0, 0.1) is 13.8 Å². The summed E-state index contributed by atoms with van der Waals surface area (Å²) in [7, 11) is 0. The molecule has 2 rings (SSSR count). The van der Waals surface area contributed by atoms with Gasteiger partial charge in [-0.25, -0.2) is 0 Å². The van der Waals surface area contributed by atoms with Gasteiger partial charge in [0.15, 0.2) is 0 Å². The Morgan fingerprint density at radius 3 is 2.50 bits per heavy atom. The molecule has 1 aromatic carbocycles. The van der Waals surface area contributed by atoms with Crippen LogP contribution in [0.15, 0.2) is 36.4 Å². The minimum absolute atomic E-state index is 0.223. The number of nitrogens with two attached hydrogens (primary N) is 1. The summed E-state index contributed by atoms with van der Waals surface area (Å²) < 4.78 is 0. The summed E-state index contributed by atoms with van der Waals surface area (Å²) in [5, 5.41) is 2.82. The van der Waals surface area contributed by atoms with Gasteiger partial charge in [-0.15, -0.1) is 0 Å². The second kappa shape index (κ2) is 5.79. The van der Waals surface area contributed by atoms with Gasteiger partial charge in [-0.1, -0.05) is 24.4 Å². The summed E-state index contributed by atoms with van der Waals surface area (Å²) in [6.45, 7) is 3.69. The fourth-order valence-corrected chi connectivity index (χ4v) is 2.10. The number of para-hydroxylation sites is 1. The quantitative estimate of drug-likeness (QED) is 0.851. The molecular weight excluding hydrogens is 270 g/mol. The number of carbonyl (C=O) groups is 1. The number of thiocarbonyl (C=S) groups is 1. The number of aromatic nitrogens is 1. The molecule has 0 bridgehead atoms. The molecule has 20 heavy (non-hydrogen) atoms. The first kappa shape index (κ1) is 14.1. The molecule has 0 saturated heterocycles. The van der Waals surface area contributed by atoms with Crippen LogP contribution in [-0.2, 0) is 0 Å². The van der Waals surface area contributed by atoms with Gasteiger partial charge in [0.05, 0.1) is 16.9 Å². The van der Waals surface area contributed by atoms with E-state index in [1.54, 1.807) is 31.2 Å². The van der Waals surface area contributed by atoms with E-state index >= 15 is 0 Å². The maximum absolute atomic E-state index is 12.3. The lowest BCUT2D eigenvalue weighted by Gasteiger charge is -2.11. The number of benzene rings is 1. The van der Waals surface area contributed by atoms with Gasteiger partial charge in [-0.2, -0.15) is 0 Å². The van der Waals surface area contributed by atoms with E-state index in [1.165, 1.54) is 0 Å². The van der Waals surface area contributed by atoms with Crippen LogP contribution in [-0.4, -0.2) is 15.9 Å². The molecular formula is C15H15N3OS. The van der Waals surface area contributed by atoms with Crippen molar-refractivity contribution in [1.82, 2.24) is 4.98 Å². The third-order valence-corrected chi connectivity index (χ3v) is 3.13. The second-order valence-electron chi connectivity index (χ2n) is 4.45. The largest absolute Gasteiger partial charge is 0.389 e. The second-order valence-corrected chi connectivity index (χ2v) is 4.89. The molecule has 4 nitrogen and oxygen atoms in total. The van der Waals surface area contributed by atoms with Crippen LogP contribution in [0.2, 0.25) is 0 Å². The zero-order valence-electron chi connectivity index (χ0n) is 11.3.